The van der Waals surface area contributed by atoms with Crippen LogP contribution in [0.2, 0.25) is 0 Å². The molecular formula is C11H9BF3KO. The van der Waals surface area contributed by atoms with Gasteiger partial charge < -0.3 is 12.9 Å². The second-order valence-electron chi connectivity index (χ2n) is 3.53. The second-order valence-corrected chi connectivity index (χ2v) is 3.53. The molecule has 0 heterocycles. The van der Waals surface area contributed by atoms with Crippen LogP contribution >= 0.6 is 0 Å². The van der Waals surface area contributed by atoms with E-state index in [0.717, 1.165) is 0 Å². The molecule has 6 heteroatoms. The number of carbonyl (C=O) groups is 1. The van der Waals surface area contributed by atoms with Gasteiger partial charge in [-0.05, 0) is 24.6 Å². The molecule has 1 nitrogen and oxygen atoms in total. The van der Waals surface area contributed by atoms with E-state index < -0.39 is 13.3 Å². The van der Waals surface area contributed by atoms with E-state index in [1.54, 1.807) is 0 Å². The molecule has 0 N–H and O–H groups in total. The summed E-state index contributed by atoms with van der Waals surface area (Å²) in [7, 11) is 0. The molecule has 0 unspecified atom stereocenters. The molecule has 0 radical (unpaired) electrons. The summed E-state index contributed by atoms with van der Waals surface area (Å²) in [6.45, 7) is -3.44. The van der Waals surface area contributed by atoms with E-state index in [1.807, 2.05) is 0 Å². The van der Waals surface area contributed by atoms with E-state index in [2.05, 4.69) is 5.92 Å². The van der Waals surface area contributed by atoms with Gasteiger partial charge in [-0.1, -0.05) is 17.8 Å². The van der Waals surface area contributed by atoms with Crippen LogP contribution in [0.4, 0.5) is 12.9 Å². The van der Waals surface area contributed by atoms with Crippen LogP contribution in [0.1, 0.15) is 27.0 Å². The van der Waals surface area contributed by atoms with Gasteiger partial charge in [0.15, 0.2) is 0 Å². The second kappa shape index (κ2) is 6.76. The van der Waals surface area contributed by atoms with Crippen LogP contribution in [0.3, 0.4) is 0 Å². The smallest absolute Gasteiger partial charge is 0.449 e. The van der Waals surface area contributed by atoms with Crippen LogP contribution in [0.5, 0.6) is 0 Å². The molecular weight excluding hydrogens is 255 g/mol. The number of halogens is 3. The number of hydrogen-bond acceptors (Lipinski definition) is 1. The van der Waals surface area contributed by atoms with Crippen molar-refractivity contribution >= 4 is 13.3 Å². The molecule has 0 aliphatic heterocycles. The first-order valence-corrected chi connectivity index (χ1v) is 4.63. The summed E-state index contributed by atoms with van der Waals surface area (Å²) in [6, 6.07) is 2.72. The fraction of sp³-hybridized carbons (Fsp3) is 0.182. The molecule has 0 bridgehead atoms. The predicted molar refractivity (Wildman–Crippen MR) is 57.3 cm³/mol. The van der Waals surface area contributed by atoms with Gasteiger partial charge in [0.1, 0.15) is 6.29 Å². The van der Waals surface area contributed by atoms with E-state index in [4.69, 9.17) is 6.42 Å². The van der Waals surface area contributed by atoms with E-state index in [-0.39, 0.29) is 62.5 Å². The maximum absolute atomic E-state index is 12.3. The van der Waals surface area contributed by atoms with Crippen molar-refractivity contribution in [3.63, 3.8) is 0 Å². The van der Waals surface area contributed by atoms with E-state index in [1.165, 1.54) is 19.1 Å². The maximum atomic E-state index is 12.3. The van der Waals surface area contributed by atoms with Crippen molar-refractivity contribution in [3.05, 3.63) is 34.4 Å². The number of rotatable bonds is 3. The third-order valence-electron chi connectivity index (χ3n) is 2.30. The minimum Gasteiger partial charge on any atom is -0.449 e. The molecule has 0 aliphatic rings. The third-order valence-corrected chi connectivity index (χ3v) is 2.30. The zero-order valence-corrected chi connectivity index (χ0v) is 12.8. The quantitative estimate of drug-likeness (QED) is 0.417. The van der Waals surface area contributed by atoms with Gasteiger partial charge >= 0.3 is 58.4 Å². The molecule has 0 aliphatic carbocycles. The summed E-state index contributed by atoms with van der Waals surface area (Å²) in [5.41, 5.74) is 0.923. The zero-order valence-electron chi connectivity index (χ0n) is 9.64. The van der Waals surface area contributed by atoms with Gasteiger partial charge in [0.05, 0.1) is 0 Å². The van der Waals surface area contributed by atoms with Crippen LogP contribution in [-0.4, -0.2) is 13.3 Å². The first kappa shape index (κ1) is 16.9. The van der Waals surface area contributed by atoms with E-state index >= 15 is 0 Å². The molecule has 84 valence electrons. The van der Waals surface area contributed by atoms with Crippen molar-refractivity contribution < 1.29 is 69.1 Å². The molecule has 0 atom stereocenters. The monoisotopic (exact) mass is 264 g/mol. The minimum atomic E-state index is -4.93. The molecule has 0 saturated carbocycles. The van der Waals surface area contributed by atoms with Gasteiger partial charge in [0, 0.05) is 11.1 Å². The Kier molecular flexibility index (Phi) is 6.74. The first-order chi connectivity index (χ1) is 7.37. The average molecular weight is 264 g/mol. The standard InChI is InChI=1S/C11H9BF3O.K/c1-3-9-4-10(6-12(13,14)15)8(2)11(5-9)7-16;/h1,4-5,7H,6H2,2H3;/q-1;+1. The molecule has 0 spiro atoms. The van der Waals surface area contributed by atoms with Crippen molar-refractivity contribution in [2.24, 2.45) is 0 Å². The summed E-state index contributed by atoms with van der Waals surface area (Å²) in [5, 5.41) is 0. The number of aldehydes is 1. The molecule has 0 saturated heterocycles. The maximum Gasteiger partial charge on any atom is 1.00 e. The van der Waals surface area contributed by atoms with E-state index in [9.17, 15) is 17.7 Å². The van der Waals surface area contributed by atoms with Crippen LogP contribution in [0.25, 0.3) is 0 Å². The Labute approximate surface area is 141 Å². The summed E-state index contributed by atoms with van der Waals surface area (Å²) in [4.78, 5) is 10.7. The van der Waals surface area contributed by atoms with Gasteiger partial charge in [0.25, 0.3) is 0 Å². The number of carbonyl (C=O) groups excluding carboxylic acids is 1. The number of benzene rings is 1. The van der Waals surface area contributed by atoms with Gasteiger partial charge in [0.2, 0.25) is 0 Å². The Bertz CT molecular complexity index is 463. The summed E-state index contributed by atoms with van der Waals surface area (Å²) < 4.78 is 36.9. The number of terminal acetylenes is 1. The molecule has 1 aromatic rings. The molecule has 0 amide bonds. The Morgan fingerprint density at radius 2 is 2.00 bits per heavy atom. The third kappa shape index (κ3) is 4.98. The minimum absolute atomic E-state index is 0. The summed E-state index contributed by atoms with van der Waals surface area (Å²) in [5.74, 6) is 2.24. The SMILES string of the molecule is C#Cc1cc(C=O)c(C)c(C[B-](F)(F)F)c1.[K+]. The zero-order chi connectivity index (χ0) is 12.3. The first-order valence-electron chi connectivity index (χ1n) is 4.63. The molecule has 0 fully saturated rings. The van der Waals surface area contributed by atoms with Gasteiger partial charge in [-0.2, -0.15) is 0 Å². The van der Waals surface area contributed by atoms with Gasteiger partial charge in [-0.3, -0.25) is 4.79 Å². The summed E-state index contributed by atoms with van der Waals surface area (Å²) >= 11 is 0. The molecule has 0 aromatic heterocycles. The fourth-order valence-corrected chi connectivity index (χ4v) is 1.47. The summed E-state index contributed by atoms with van der Waals surface area (Å²) in [6.07, 6.45) is 4.62. The Morgan fingerprint density at radius 3 is 2.41 bits per heavy atom. The van der Waals surface area contributed by atoms with Crippen LogP contribution in [-0.2, 0) is 6.32 Å². The Morgan fingerprint density at radius 1 is 1.41 bits per heavy atom. The van der Waals surface area contributed by atoms with Crippen molar-refractivity contribution in [3.8, 4) is 12.3 Å². The topological polar surface area (TPSA) is 17.1 Å². The largest absolute Gasteiger partial charge is 1.00 e. The number of hydrogen-bond donors (Lipinski definition) is 0. The Balaban J connectivity index is 0.00000256. The fourth-order valence-electron chi connectivity index (χ4n) is 1.47. The van der Waals surface area contributed by atoms with Crippen molar-refractivity contribution in [1.82, 2.24) is 0 Å². The normalized spacial score (nSPS) is 10.3. The van der Waals surface area contributed by atoms with Crippen LogP contribution in [0.15, 0.2) is 12.1 Å². The van der Waals surface area contributed by atoms with E-state index in [0.29, 0.717) is 17.4 Å². The van der Waals surface area contributed by atoms with Crippen molar-refractivity contribution in [1.29, 1.82) is 0 Å². The van der Waals surface area contributed by atoms with Crippen LogP contribution in [0, 0.1) is 19.3 Å². The Hall–Kier alpha value is -0.0587. The molecule has 1 rings (SSSR count). The molecule has 17 heavy (non-hydrogen) atoms. The van der Waals surface area contributed by atoms with Crippen LogP contribution < -0.4 is 51.4 Å². The van der Waals surface area contributed by atoms with Gasteiger partial charge in [-0.25, -0.2) is 0 Å². The van der Waals surface area contributed by atoms with Crippen molar-refractivity contribution in [2.75, 3.05) is 0 Å². The molecule has 1 aromatic carbocycles. The van der Waals surface area contributed by atoms with Gasteiger partial charge in [-0.15, -0.1) is 6.42 Å². The van der Waals surface area contributed by atoms with Crippen molar-refractivity contribution in [2.45, 2.75) is 13.2 Å². The predicted octanol–water partition coefficient (Wildman–Crippen LogP) is -0.278. The average Bonchev–Trinajstić information content (AvgIpc) is 2.19.